The Morgan fingerprint density at radius 2 is 1.80 bits per heavy atom. The van der Waals surface area contributed by atoms with Crippen LogP contribution in [-0.4, -0.2) is 41.2 Å². The van der Waals surface area contributed by atoms with Gasteiger partial charge in [0, 0.05) is 36.3 Å². The number of hydrogen-bond donors (Lipinski definition) is 1. The number of carbonyl (C=O) groups is 2. The molecule has 0 aromatic heterocycles. The molecule has 2 amide bonds. The molecule has 0 atom stereocenters. The van der Waals surface area contributed by atoms with E-state index >= 15 is 0 Å². The molecule has 1 saturated heterocycles. The number of nitrogens with zero attached hydrogens (tertiary/aromatic N) is 1. The van der Waals surface area contributed by atoms with E-state index in [-0.39, 0.29) is 23.3 Å². The molecule has 1 aliphatic rings. The molecule has 1 N–H and O–H groups in total. The highest BCUT2D eigenvalue weighted by Crippen LogP contribution is 2.21. The lowest BCUT2D eigenvalue weighted by Gasteiger charge is -2.36. The van der Waals surface area contributed by atoms with Gasteiger partial charge in [0.05, 0.1) is 0 Å². The van der Waals surface area contributed by atoms with E-state index in [2.05, 4.69) is 21.2 Å². The quantitative estimate of drug-likeness (QED) is 0.614. The van der Waals surface area contributed by atoms with Crippen molar-refractivity contribution in [1.82, 2.24) is 10.2 Å². The second kappa shape index (κ2) is 8.01. The Morgan fingerprint density at radius 1 is 1.20 bits per heavy atom. The molecule has 1 aliphatic heterocycles. The number of alkyl halides is 1. The van der Waals surface area contributed by atoms with Gasteiger partial charge < -0.3 is 10.2 Å². The van der Waals surface area contributed by atoms with Crippen molar-refractivity contribution >= 4 is 27.7 Å². The zero-order valence-corrected chi connectivity index (χ0v) is 14.5. The van der Waals surface area contributed by atoms with Gasteiger partial charge in [0.2, 0.25) is 11.8 Å². The Balaban J connectivity index is 2.28. The van der Waals surface area contributed by atoms with Gasteiger partial charge in [-0.05, 0) is 25.7 Å². The number of rotatable bonds is 5. The molecule has 1 rings (SSSR count). The molecular weight excluding hydrogens is 320 g/mol. The highest BCUT2D eigenvalue weighted by Gasteiger charge is 2.30. The van der Waals surface area contributed by atoms with Crippen LogP contribution >= 0.6 is 15.9 Å². The zero-order valence-electron chi connectivity index (χ0n) is 12.9. The molecule has 0 spiro atoms. The molecule has 5 heteroatoms. The van der Waals surface area contributed by atoms with Gasteiger partial charge in [-0.15, -0.1) is 0 Å². The number of likely N-dealkylation sites (tertiary alicyclic amines) is 1. The van der Waals surface area contributed by atoms with E-state index in [4.69, 9.17) is 0 Å². The van der Waals surface area contributed by atoms with Gasteiger partial charge in [-0.25, -0.2) is 0 Å². The Hall–Kier alpha value is -0.580. The van der Waals surface area contributed by atoms with Crippen molar-refractivity contribution in [3.8, 4) is 0 Å². The first-order valence-corrected chi connectivity index (χ1v) is 8.61. The number of hydrogen-bond acceptors (Lipinski definition) is 2. The van der Waals surface area contributed by atoms with E-state index in [1.807, 2.05) is 25.7 Å². The Bertz CT molecular complexity index is 331. The number of amides is 2. The minimum Gasteiger partial charge on any atom is -0.353 e. The second-order valence-electron chi connectivity index (χ2n) is 6.53. The van der Waals surface area contributed by atoms with Crippen molar-refractivity contribution < 1.29 is 9.59 Å². The average molecular weight is 347 g/mol. The molecule has 116 valence electrons. The van der Waals surface area contributed by atoms with Crippen molar-refractivity contribution in [3.05, 3.63) is 0 Å². The molecule has 20 heavy (non-hydrogen) atoms. The number of unbranched alkanes of at least 4 members (excludes halogenated alkanes) is 1. The lowest BCUT2D eigenvalue weighted by Crippen LogP contribution is -2.49. The van der Waals surface area contributed by atoms with E-state index in [1.165, 1.54) is 0 Å². The maximum atomic E-state index is 12.2. The number of piperidine rings is 1. The van der Waals surface area contributed by atoms with Gasteiger partial charge in [-0.3, -0.25) is 9.59 Å². The van der Waals surface area contributed by atoms with Crippen LogP contribution in [0.15, 0.2) is 0 Å². The Kier molecular flexibility index (Phi) is 7.00. The summed E-state index contributed by atoms with van der Waals surface area (Å²) in [4.78, 5) is 25.8. The van der Waals surface area contributed by atoms with E-state index in [0.29, 0.717) is 6.42 Å². The van der Waals surface area contributed by atoms with E-state index in [9.17, 15) is 9.59 Å². The lowest BCUT2D eigenvalue weighted by molar-refractivity contribution is -0.140. The maximum absolute atomic E-state index is 12.2. The Morgan fingerprint density at radius 3 is 2.30 bits per heavy atom. The summed E-state index contributed by atoms with van der Waals surface area (Å²) in [5.41, 5.74) is -0.314. The summed E-state index contributed by atoms with van der Waals surface area (Å²) in [7, 11) is 0. The first-order chi connectivity index (χ1) is 9.34. The average Bonchev–Trinajstić information content (AvgIpc) is 2.38. The van der Waals surface area contributed by atoms with Crippen molar-refractivity contribution in [2.45, 2.75) is 58.9 Å². The first-order valence-electron chi connectivity index (χ1n) is 7.49. The predicted octanol–water partition coefficient (Wildman–Crippen LogP) is 2.70. The van der Waals surface area contributed by atoms with Crippen LogP contribution in [0.3, 0.4) is 0 Å². The van der Waals surface area contributed by atoms with E-state index in [1.54, 1.807) is 0 Å². The van der Waals surface area contributed by atoms with Gasteiger partial charge >= 0.3 is 0 Å². The van der Waals surface area contributed by atoms with Gasteiger partial charge in [-0.1, -0.05) is 36.7 Å². The van der Waals surface area contributed by atoms with Gasteiger partial charge in [-0.2, -0.15) is 0 Å². The standard InChI is InChI=1S/C15H27BrN2O2/c1-15(2,3)14(20)18-10-7-12(8-11-18)17-13(19)6-4-5-9-16/h12H,4-11H2,1-3H3,(H,17,19). The van der Waals surface area contributed by atoms with Crippen molar-refractivity contribution in [3.63, 3.8) is 0 Å². The van der Waals surface area contributed by atoms with Crippen LogP contribution in [0.2, 0.25) is 0 Å². The van der Waals surface area contributed by atoms with Crippen LogP contribution < -0.4 is 5.32 Å². The minimum atomic E-state index is -0.314. The second-order valence-corrected chi connectivity index (χ2v) is 7.32. The van der Waals surface area contributed by atoms with Crippen LogP contribution in [0.5, 0.6) is 0 Å². The fourth-order valence-corrected chi connectivity index (χ4v) is 2.78. The Labute approximate surface area is 130 Å². The normalized spacial score (nSPS) is 17.1. The van der Waals surface area contributed by atoms with Crippen LogP contribution in [-0.2, 0) is 9.59 Å². The highest BCUT2D eigenvalue weighted by atomic mass is 79.9. The van der Waals surface area contributed by atoms with Crippen LogP contribution in [0.4, 0.5) is 0 Å². The molecule has 0 aromatic carbocycles. The van der Waals surface area contributed by atoms with Crippen molar-refractivity contribution in [2.75, 3.05) is 18.4 Å². The number of nitrogens with one attached hydrogen (secondary N) is 1. The SMILES string of the molecule is CC(C)(C)C(=O)N1CCC(NC(=O)CCCCBr)CC1. The zero-order chi connectivity index (χ0) is 15.2. The molecule has 0 radical (unpaired) electrons. The smallest absolute Gasteiger partial charge is 0.227 e. The minimum absolute atomic E-state index is 0.145. The van der Waals surface area contributed by atoms with Gasteiger partial charge in [0.25, 0.3) is 0 Å². The maximum Gasteiger partial charge on any atom is 0.227 e. The van der Waals surface area contributed by atoms with Gasteiger partial charge in [0.15, 0.2) is 0 Å². The van der Waals surface area contributed by atoms with E-state index < -0.39 is 0 Å². The fraction of sp³-hybridized carbons (Fsp3) is 0.867. The molecular formula is C15H27BrN2O2. The summed E-state index contributed by atoms with van der Waals surface area (Å²) < 4.78 is 0. The number of halogens is 1. The summed E-state index contributed by atoms with van der Waals surface area (Å²) in [5, 5.41) is 4.04. The van der Waals surface area contributed by atoms with Gasteiger partial charge in [0.1, 0.15) is 0 Å². The van der Waals surface area contributed by atoms with Crippen LogP contribution in [0, 0.1) is 5.41 Å². The van der Waals surface area contributed by atoms with Crippen molar-refractivity contribution in [2.24, 2.45) is 5.41 Å². The first kappa shape index (κ1) is 17.5. The summed E-state index contributed by atoms with van der Waals surface area (Å²) in [6.45, 7) is 7.36. The third kappa shape index (κ3) is 5.81. The molecule has 0 unspecified atom stereocenters. The lowest BCUT2D eigenvalue weighted by atomic mass is 9.93. The molecule has 0 saturated carbocycles. The molecule has 0 aliphatic carbocycles. The highest BCUT2D eigenvalue weighted by molar-refractivity contribution is 9.09. The van der Waals surface area contributed by atoms with Crippen molar-refractivity contribution in [1.29, 1.82) is 0 Å². The molecule has 0 aromatic rings. The molecule has 1 heterocycles. The third-order valence-electron chi connectivity index (χ3n) is 3.58. The molecule has 0 bridgehead atoms. The third-order valence-corrected chi connectivity index (χ3v) is 4.14. The summed E-state index contributed by atoms with van der Waals surface area (Å²) in [6.07, 6.45) is 4.30. The monoisotopic (exact) mass is 346 g/mol. The summed E-state index contributed by atoms with van der Waals surface area (Å²) in [6, 6.07) is 0.232. The molecule has 4 nitrogen and oxygen atoms in total. The topological polar surface area (TPSA) is 49.4 Å². The molecule has 1 fully saturated rings. The van der Waals surface area contributed by atoms with Crippen LogP contribution in [0.1, 0.15) is 52.9 Å². The summed E-state index contributed by atoms with van der Waals surface area (Å²) >= 11 is 3.36. The van der Waals surface area contributed by atoms with Crippen LogP contribution in [0.25, 0.3) is 0 Å². The summed E-state index contributed by atoms with van der Waals surface area (Å²) in [5.74, 6) is 0.353. The predicted molar refractivity (Wildman–Crippen MR) is 84.8 cm³/mol. The largest absolute Gasteiger partial charge is 0.353 e. The fourth-order valence-electron chi connectivity index (χ4n) is 2.38. The number of carbonyl (C=O) groups excluding carboxylic acids is 2. The van der Waals surface area contributed by atoms with E-state index in [0.717, 1.165) is 44.1 Å².